The summed E-state index contributed by atoms with van der Waals surface area (Å²) >= 11 is 5.90. The third kappa shape index (κ3) is 4.25. The largest absolute Gasteiger partial charge is 0.0888 e. The number of rotatable bonds is 5. The smallest absolute Gasteiger partial charge is 0.0406 e. The number of halogens is 1. The van der Waals surface area contributed by atoms with Crippen LogP contribution in [0.4, 0.5) is 0 Å². The SMILES string of the molecule is CC/C=C/CCc1ccc(-c2ccc(Cl)cc2)cc1. The van der Waals surface area contributed by atoms with E-state index in [1.165, 1.54) is 16.7 Å². The molecule has 0 amide bonds. The number of allylic oxidation sites excluding steroid dienone is 2. The van der Waals surface area contributed by atoms with Gasteiger partial charge in [-0.25, -0.2) is 0 Å². The summed E-state index contributed by atoms with van der Waals surface area (Å²) in [4.78, 5) is 0. The van der Waals surface area contributed by atoms with Crippen LogP contribution in [0.2, 0.25) is 5.02 Å². The highest BCUT2D eigenvalue weighted by molar-refractivity contribution is 6.30. The Morgan fingerprint density at radius 3 is 2.00 bits per heavy atom. The van der Waals surface area contributed by atoms with Crippen LogP contribution in [0.15, 0.2) is 60.7 Å². The zero-order chi connectivity index (χ0) is 13.5. The minimum atomic E-state index is 0.781. The Morgan fingerprint density at radius 2 is 1.42 bits per heavy atom. The average molecular weight is 271 g/mol. The third-order valence-electron chi connectivity index (χ3n) is 3.13. The van der Waals surface area contributed by atoms with E-state index in [-0.39, 0.29) is 0 Å². The number of benzene rings is 2. The highest BCUT2D eigenvalue weighted by Crippen LogP contribution is 2.22. The molecular formula is C18H19Cl. The lowest BCUT2D eigenvalue weighted by Gasteiger charge is -2.04. The Labute approximate surface area is 120 Å². The van der Waals surface area contributed by atoms with Crippen LogP contribution >= 0.6 is 11.6 Å². The Balaban J connectivity index is 2.02. The Morgan fingerprint density at radius 1 is 0.842 bits per heavy atom. The lowest BCUT2D eigenvalue weighted by Crippen LogP contribution is -1.84. The highest BCUT2D eigenvalue weighted by Gasteiger charge is 1.98. The van der Waals surface area contributed by atoms with Crippen molar-refractivity contribution >= 4 is 11.6 Å². The second kappa shape index (κ2) is 7.16. The van der Waals surface area contributed by atoms with Crippen LogP contribution in [0.1, 0.15) is 25.3 Å². The van der Waals surface area contributed by atoms with Crippen LogP contribution in [-0.2, 0) is 6.42 Å². The van der Waals surface area contributed by atoms with E-state index >= 15 is 0 Å². The van der Waals surface area contributed by atoms with Crippen molar-refractivity contribution in [1.82, 2.24) is 0 Å². The van der Waals surface area contributed by atoms with Crippen molar-refractivity contribution in [1.29, 1.82) is 0 Å². The molecule has 2 rings (SSSR count). The molecule has 0 unspecified atom stereocenters. The van der Waals surface area contributed by atoms with Crippen LogP contribution in [0.5, 0.6) is 0 Å². The summed E-state index contributed by atoms with van der Waals surface area (Å²) in [7, 11) is 0. The van der Waals surface area contributed by atoms with Gasteiger partial charge in [0.15, 0.2) is 0 Å². The Hall–Kier alpha value is -1.53. The van der Waals surface area contributed by atoms with Crippen LogP contribution in [0, 0.1) is 0 Å². The second-order valence-corrected chi connectivity index (χ2v) is 5.06. The van der Waals surface area contributed by atoms with Gasteiger partial charge in [-0.1, -0.05) is 67.1 Å². The zero-order valence-electron chi connectivity index (χ0n) is 11.3. The van der Waals surface area contributed by atoms with Crippen molar-refractivity contribution in [3.8, 4) is 11.1 Å². The van der Waals surface area contributed by atoms with Gasteiger partial charge < -0.3 is 0 Å². The van der Waals surface area contributed by atoms with Crippen LogP contribution in [0.25, 0.3) is 11.1 Å². The van der Waals surface area contributed by atoms with Gasteiger partial charge in [0.2, 0.25) is 0 Å². The summed E-state index contributed by atoms with van der Waals surface area (Å²) < 4.78 is 0. The van der Waals surface area contributed by atoms with E-state index in [1.807, 2.05) is 12.1 Å². The van der Waals surface area contributed by atoms with Gasteiger partial charge in [0.05, 0.1) is 0 Å². The summed E-state index contributed by atoms with van der Waals surface area (Å²) in [6.07, 6.45) is 7.83. The first-order chi connectivity index (χ1) is 9.29. The molecule has 0 aromatic heterocycles. The molecule has 0 N–H and O–H groups in total. The quantitative estimate of drug-likeness (QED) is 0.593. The number of hydrogen-bond donors (Lipinski definition) is 0. The molecule has 0 saturated carbocycles. The normalized spacial score (nSPS) is 11.1. The van der Waals surface area contributed by atoms with E-state index < -0.39 is 0 Å². The monoisotopic (exact) mass is 270 g/mol. The molecule has 0 aliphatic rings. The van der Waals surface area contributed by atoms with Crippen molar-refractivity contribution < 1.29 is 0 Å². The molecule has 0 nitrogen and oxygen atoms in total. The molecule has 0 aliphatic heterocycles. The Bertz CT molecular complexity index is 521. The maximum atomic E-state index is 5.90. The molecule has 0 radical (unpaired) electrons. The molecule has 0 fully saturated rings. The summed E-state index contributed by atoms with van der Waals surface area (Å²) in [6.45, 7) is 2.16. The van der Waals surface area contributed by atoms with E-state index in [0.717, 1.165) is 24.3 Å². The van der Waals surface area contributed by atoms with Crippen molar-refractivity contribution in [3.63, 3.8) is 0 Å². The number of hydrogen-bond acceptors (Lipinski definition) is 0. The maximum Gasteiger partial charge on any atom is 0.0406 e. The molecule has 0 heterocycles. The molecule has 0 spiro atoms. The minimum Gasteiger partial charge on any atom is -0.0888 e. The maximum absolute atomic E-state index is 5.90. The lowest BCUT2D eigenvalue weighted by molar-refractivity contribution is 0.992. The third-order valence-corrected chi connectivity index (χ3v) is 3.39. The molecule has 19 heavy (non-hydrogen) atoms. The van der Waals surface area contributed by atoms with E-state index in [9.17, 15) is 0 Å². The first-order valence-corrected chi connectivity index (χ1v) is 7.17. The van der Waals surface area contributed by atoms with E-state index in [0.29, 0.717) is 0 Å². The molecule has 2 aromatic carbocycles. The zero-order valence-corrected chi connectivity index (χ0v) is 12.0. The fourth-order valence-electron chi connectivity index (χ4n) is 2.04. The van der Waals surface area contributed by atoms with Gasteiger partial charge >= 0.3 is 0 Å². The summed E-state index contributed by atoms with van der Waals surface area (Å²) in [5.41, 5.74) is 3.84. The molecule has 0 aliphatic carbocycles. The molecule has 0 saturated heterocycles. The standard InChI is InChI=1S/C18H19Cl/c1-2-3-4-5-6-15-7-9-16(10-8-15)17-11-13-18(19)14-12-17/h3-4,7-14H,2,5-6H2,1H3/b4-3+. The summed E-state index contributed by atoms with van der Waals surface area (Å²) in [6, 6.07) is 16.8. The van der Waals surface area contributed by atoms with E-state index in [4.69, 9.17) is 11.6 Å². The van der Waals surface area contributed by atoms with Crippen molar-refractivity contribution in [2.45, 2.75) is 26.2 Å². The van der Waals surface area contributed by atoms with Gasteiger partial charge in [-0.3, -0.25) is 0 Å². The lowest BCUT2D eigenvalue weighted by atomic mass is 10.0. The van der Waals surface area contributed by atoms with Gasteiger partial charge in [-0.15, -0.1) is 0 Å². The topological polar surface area (TPSA) is 0 Å². The van der Waals surface area contributed by atoms with Crippen LogP contribution in [-0.4, -0.2) is 0 Å². The van der Waals surface area contributed by atoms with Gasteiger partial charge in [-0.2, -0.15) is 0 Å². The predicted molar refractivity (Wildman–Crippen MR) is 84.6 cm³/mol. The van der Waals surface area contributed by atoms with Gasteiger partial charge in [0, 0.05) is 5.02 Å². The highest BCUT2D eigenvalue weighted by atomic mass is 35.5. The molecule has 0 atom stereocenters. The molecule has 98 valence electrons. The van der Waals surface area contributed by atoms with Crippen molar-refractivity contribution in [2.24, 2.45) is 0 Å². The summed E-state index contributed by atoms with van der Waals surface area (Å²) in [5.74, 6) is 0. The van der Waals surface area contributed by atoms with Crippen molar-refractivity contribution in [2.75, 3.05) is 0 Å². The molecule has 0 bridgehead atoms. The summed E-state index contributed by atoms with van der Waals surface area (Å²) in [5, 5.41) is 0.781. The van der Waals surface area contributed by atoms with Crippen molar-refractivity contribution in [3.05, 3.63) is 71.3 Å². The van der Waals surface area contributed by atoms with Crippen LogP contribution < -0.4 is 0 Å². The van der Waals surface area contributed by atoms with Gasteiger partial charge in [0.1, 0.15) is 0 Å². The number of aryl methyl sites for hydroxylation is 1. The first-order valence-electron chi connectivity index (χ1n) is 6.79. The minimum absolute atomic E-state index is 0.781. The predicted octanol–water partition coefficient (Wildman–Crippen LogP) is 5.91. The fourth-order valence-corrected chi connectivity index (χ4v) is 2.17. The van der Waals surface area contributed by atoms with Gasteiger partial charge in [-0.05, 0) is 48.1 Å². The Kier molecular flexibility index (Phi) is 5.23. The second-order valence-electron chi connectivity index (χ2n) is 4.62. The molecule has 2 aromatic rings. The molecular weight excluding hydrogens is 252 g/mol. The first kappa shape index (κ1) is 13.9. The molecule has 1 heteroatoms. The van der Waals surface area contributed by atoms with E-state index in [2.05, 4.69) is 55.5 Å². The average Bonchev–Trinajstić information content (AvgIpc) is 2.45. The van der Waals surface area contributed by atoms with Crippen LogP contribution in [0.3, 0.4) is 0 Å². The van der Waals surface area contributed by atoms with Gasteiger partial charge in [0.25, 0.3) is 0 Å². The van der Waals surface area contributed by atoms with E-state index in [1.54, 1.807) is 0 Å². The fraction of sp³-hybridized carbons (Fsp3) is 0.222.